The van der Waals surface area contributed by atoms with E-state index in [4.69, 9.17) is 5.73 Å². The molecule has 3 rings (SSSR count). The van der Waals surface area contributed by atoms with E-state index in [9.17, 15) is 9.59 Å². The Labute approximate surface area is 121 Å². The molecule has 6 heteroatoms. The molecule has 4 N–H and O–H groups in total. The van der Waals surface area contributed by atoms with Crippen LogP contribution in [0.3, 0.4) is 0 Å². The molecule has 1 aromatic carbocycles. The van der Waals surface area contributed by atoms with Gasteiger partial charge in [0, 0.05) is 11.3 Å². The third kappa shape index (κ3) is 2.55. The second kappa shape index (κ2) is 5.24. The average molecular weight is 282 g/mol. The molecule has 0 saturated carbocycles. The highest BCUT2D eigenvalue weighted by Crippen LogP contribution is 2.20. The van der Waals surface area contributed by atoms with Crippen LogP contribution in [0, 0.1) is 5.92 Å². The smallest absolute Gasteiger partial charge is 0.271 e. The molecular formula is C15H14N4O2. The largest absolute Gasteiger partial charge is 0.399 e. The van der Waals surface area contributed by atoms with E-state index in [1.54, 1.807) is 24.3 Å². The van der Waals surface area contributed by atoms with Gasteiger partial charge in [-0.05, 0) is 18.2 Å². The fraction of sp³-hybridized carbons (Fsp3) is 0.133. The number of fused-ring (bicyclic) bond motifs is 1. The van der Waals surface area contributed by atoms with Crippen LogP contribution in [0.5, 0.6) is 0 Å². The van der Waals surface area contributed by atoms with Crippen molar-refractivity contribution in [3.05, 3.63) is 54.1 Å². The normalized spacial score (nSPS) is 24.8. The standard InChI is InChI=1S/C15H14N4O2/c16-10-5-3-4-9(8-10)14(20)19-18-13-11-6-1-2-7-12(11)17-15(13)21/h1-8,11-12H,16H2,(H,17,21)(H,19,20)/b18-13-/t11-,12+/m1/s1. The Morgan fingerprint density at radius 3 is 2.90 bits per heavy atom. The predicted molar refractivity (Wildman–Crippen MR) is 79.5 cm³/mol. The Balaban J connectivity index is 1.76. The van der Waals surface area contributed by atoms with E-state index in [1.807, 2.05) is 24.3 Å². The topological polar surface area (TPSA) is 96.6 Å². The average Bonchev–Trinajstić information content (AvgIpc) is 2.80. The zero-order chi connectivity index (χ0) is 14.8. The summed E-state index contributed by atoms with van der Waals surface area (Å²) in [6, 6.07) is 6.47. The Morgan fingerprint density at radius 1 is 1.29 bits per heavy atom. The lowest BCUT2D eigenvalue weighted by Crippen LogP contribution is -2.26. The molecule has 1 saturated heterocycles. The Hall–Kier alpha value is -2.89. The summed E-state index contributed by atoms with van der Waals surface area (Å²) in [6.45, 7) is 0. The fourth-order valence-electron chi connectivity index (χ4n) is 2.36. The van der Waals surface area contributed by atoms with Crippen molar-refractivity contribution in [1.29, 1.82) is 0 Å². The van der Waals surface area contributed by atoms with Crippen LogP contribution in [0.15, 0.2) is 53.7 Å². The lowest BCUT2D eigenvalue weighted by Gasteiger charge is -2.13. The number of rotatable bonds is 2. The molecule has 0 aromatic heterocycles. The van der Waals surface area contributed by atoms with Gasteiger partial charge in [-0.15, -0.1) is 0 Å². The zero-order valence-electron chi connectivity index (χ0n) is 11.1. The van der Waals surface area contributed by atoms with Gasteiger partial charge in [0.05, 0.1) is 12.0 Å². The maximum atomic E-state index is 12.0. The lowest BCUT2D eigenvalue weighted by molar-refractivity contribution is -0.114. The van der Waals surface area contributed by atoms with Crippen molar-refractivity contribution < 1.29 is 9.59 Å². The van der Waals surface area contributed by atoms with Crippen LogP contribution >= 0.6 is 0 Å². The number of hydrogen-bond acceptors (Lipinski definition) is 4. The number of hydrazone groups is 1. The van der Waals surface area contributed by atoms with Crippen LogP contribution in [-0.4, -0.2) is 23.6 Å². The second-order valence-corrected chi connectivity index (χ2v) is 4.86. The molecule has 106 valence electrons. The molecule has 21 heavy (non-hydrogen) atoms. The summed E-state index contributed by atoms with van der Waals surface area (Å²) in [4.78, 5) is 23.8. The van der Waals surface area contributed by atoms with Crippen LogP contribution in [0.2, 0.25) is 0 Å². The van der Waals surface area contributed by atoms with E-state index in [0.717, 1.165) is 0 Å². The van der Waals surface area contributed by atoms with Crippen LogP contribution in [-0.2, 0) is 4.79 Å². The number of nitrogens with one attached hydrogen (secondary N) is 2. The van der Waals surface area contributed by atoms with Crippen molar-refractivity contribution in [2.75, 3.05) is 5.73 Å². The number of anilines is 1. The van der Waals surface area contributed by atoms with Gasteiger partial charge in [-0.2, -0.15) is 5.10 Å². The summed E-state index contributed by atoms with van der Waals surface area (Å²) in [6.07, 6.45) is 7.51. The van der Waals surface area contributed by atoms with Gasteiger partial charge in [-0.3, -0.25) is 9.59 Å². The maximum Gasteiger partial charge on any atom is 0.271 e. The quantitative estimate of drug-likeness (QED) is 0.547. The first-order chi connectivity index (χ1) is 10.1. The number of nitrogens with two attached hydrogens (primary N) is 1. The van der Waals surface area contributed by atoms with Crippen LogP contribution in [0.1, 0.15) is 10.4 Å². The SMILES string of the molecule is Nc1cccc(C(=O)N/N=C2\C(=O)N[C@H]3C=CC=C[C@@H]23)c1. The highest BCUT2D eigenvalue weighted by Gasteiger charge is 2.37. The van der Waals surface area contributed by atoms with Crippen molar-refractivity contribution in [2.45, 2.75) is 6.04 Å². The molecular weight excluding hydrogens is 268 g/mol. The summed E-state index contributed by atoms with van der Waals surface area (Å²) in [5.74, 6) is -0.820. The van der Waals surface area contributed by atoms with E-state index < -0.39 is 5.91 Å². The monoisotopic (exact) mass is 282 g/mol. The van der Waals surface area contributed by atoms with Crippen molar-refractivity contribution >= 4 is 23.2 Å². The predicted octanol–water partition coefficient (Wildman–Crippen LogP) is 0.595. The number of amides is 2. The maximum absolute atomic E-state index is 12.0. The van der Waals surface area contributed by atoms with Gasteiger partial charge in [-0.1, -0.05) is 30.4 Å². The molecule has 2 amide bonds. The third-order valence-electron chi connectivity index (χ3n) is 3.41. The van der Waals surface area contributed by atoms with Crippen LogP contribution in [0.25, 0.3) is 0 Å². The van der Waals surface area contributed by atoms with Gasteiger partial charge in [-0.25, -0.2) is 5.43 Å². The molecule has 6 nitrogen and oxygen atoms in total. The molecule has 2 atom stereocenters. The van der Waals surface area contributed by atoms with Gasteiger partial charge >= 0.3 is 0 Å². The summed E-state index contributed by atoms with van der Waals surface area (Å²) in [5, 5.41) is 6.77. The molecule has 1 fully saturated rings. The molecule has 0 radical (unpaired) electrons. The summed E-state index contributed by atoms with van der Waals surface area (Å²) in [7, 11) is 0. The fourth-order valence-corrected chi connectivity index (χ4v) is 2.36. The molecule has 0 bridgehead atoms. The van der Waals surface area contributed by atoms with Crippen LogP contribution in [0.4, 0.5) is 5.69 Å². The number of nitrogen functional groups attached to an aromatic ring is 1. The van der Waals surface area contributed by atoms with E-state index in [0.29, 0.717) is 17.0 Å². The first-order valence-corrected chi connectivity index (χ1v) is 6.54. The second-order valence-electron chi connectivity index (χ2n) is 4.86. The number of hydrogen-bond donors (Lipinski definition) is 3. The lowest BCUT2D eigenvalue weighted by atomic mass is 9.95. The minimum Gasteiger partial charge on any atom is -0.399 e. The Bertz CT molecular complexity index is 691. The van der Waals surface area contributed by atoms with Crippen molar-refractivity contribution in [3.63, 3.8) is 0 Å². The van der Waals surface area contributed by atoms with Gasteiger partial charge < -0.3 is 11.1 Å². The summed E-state index contributed by atoms with van der Waals surface area (Å²) < 4.78 is 0. The molecule has 1 aliphatic heterocycles. The van der Waals surface area contributed by atoms with Gasteiger partial charge in [0.1, 0.15) is 5.71 Å². The van der Waals surface area contributed by atoms with Crippen molar-refractivity contribution in [3.8, 4) is 0 Å². The highest BCUT2D eigenvalue weighted by molar-refractivity contribution is 6.42. The molecule has 0 unspecified atom stereocenters. The third-order valence-corrected chi connectivity index (χ3v) is 3.41. The highest BCUT2D eigenvalue weighted by atomic mass is 16.2. The number of nitrogens with zero attached hydrogens (tertiary/aromatic N) is 1. The number of carbonyl (C=O) groups is 2. The number of benzene rings is 1. The van der Waals surface area contributed by atoms with Gasteiger partial charge in [0.2, 0.25) is 0 Å². The minimum atomic E-state index is -0.401. The van der Waals surface area contributed by atoms with Gasteiger partial charge in [0.25, 0.3) is 11.8 Å². The number of allylic oxidation sites excluding steroid dienone is 2. The van der Waals surface area contributed by atoms with E-state index in [-0.39, 0.29) is 17.9 Å². The molecule has 0 spiro atoms. The van der Waals surface area contributed by atoms with Crippen molar-refractivity contribution in [2.24, 2.45) is 11.0 Å². The number of carbonyl (C=O) groups excluding carboxylic acids is 2. The van der Waals surface area contributed by atoms with Crippen molar-refractivity contribution in [1.82, 2.24) is 10.7 Å². The first-order valence-electron chi connectivity index (χ1n) is 6.54. The van der Waals surface area contributed by atoms with E-state index in [2.05, 4.69) is 15.8 Å². The van der Waals surface area contributed by atoms with Crippen LogP contribution < -0.4 is 16.5 Å². The van der Waals surface area contributed by atoms with Gasteiger partial charge in [0.15, 0.2) is 0 Å². The minimum absolute atomic E-state index is 0.0921. The first kappa shape index (κ1) is 13.1. The zero-order valence-corrected chi connectivity index (χ0v) is 11.1. The molecule has 1 aliphatic carbocycles. The Kier molecular flexibility index (Phi) is 3.27. The molecule has 1 heterocycles. The summed E-state index contributed by atoms with van der Waals surface area (Å²) >= 11 is 0. The summed E-state index contributed by atoms with van der Waals surface area (Å²) in [5.41, 5.74) is 9.23. The molecule has 1 aromatic rings. The Morgan fingerprint density at radius 2 is 2.10 bits per heavy atom. The van der Waals surface area contributed by atoms with E-state index >= 15 is 0 Å². The van der Waals surface area contributed by atoms with E-state index in [1.165, 1.54) is 0 Å². The molecule has 2 aliphatic rings.